The number of benzene rings is 2. The van der Waals surface area contributed by atoms with Crippen LogP contribution in [-0.2, 0) is 23.0 Å². The van der Waals surface area contributed by atoms with E-state index in [1.165, 1.54) is 16.7 Å². The number of aromatic nitrogens is 1. The monoisotopic (exact) mass is 474 g/mol. The van der Waals surface area contributed by atoms with E-state index in [2.05, 4.69) is 30.1 Å². The number of hydrogen-bond donors (Lipinski definition) is 0. The first-order valence-electron chi connectivity index (χ1n) is 11.9. The molecule has 6 heteroatoms. The molecule has 2 bridgehead atoms. The Hall–Kier alpha value is -2.60. The Bertz CT molecular complexity index is 1330. The fourth-order valence-electron chi connectivity index (χ4n) is 7.42. The molecule has 0 saturated carbocycles. The number of nitrogens with zero attached hydrogens (tertiary/aromatic N) is 2. The van der Waals surface area contributed by atoms with Crippen LogP contribution in [-0.4, -0.2) is 49.3 Å². The van der Waals surface area contributed by atoms with Gasteiger partial charge in [-0.25, -0.2) is 0 Å². The lowest BCUT2D eigenvalue weighted by molar-refractivity contribution is -0.186. The van der Waals surface area contributed by atoms with Crippen LogP contribution < -0.4 is 9.47 Å². The van der Waals surface area contributed by atoms with Gasteiger partial charge in [-0.3, -0.25) is 4.98 Å². The van der Waals surface area contributed by atoms with Gasteiger partial charge in [-0.05, 0) is 67.4 Å². The standard InChI is InChI=1S/C28H27ClN2O3/c1-31-11-10-27-23-17-6-9-21(32-2)25(23)34-26(27)24-18(14-28(27,33-3)22(31)13-17)12-19(15-30-24)16-4-7-20(29)8-5-16/h4-9,12,15,22,26H,10-11,13-14H2,1-3H3/t22-,26+,27+,28-/m1/s1. The van der Waals surface area contributed by atoms with Crippen molar-refractivity contribution in [3.05, 3.63) is 76.1 Å². The average molecular weight is 475 g/mol. The Balaban J connectivity index is 1.48. The summed E-state index contributed by atoms with van der Waals surface area (Å²) in [7, 11) is 5.84. The summed E-state index contributed by atoms with van der Waals surface area (Å²) in [6.45, 7) is 1.00. The summed E-state index contributed by atoms with van der Waals surface area (Å²) in [5, 5.41) is 0.731. The molecule has 0 N–H and O–H groups in total. The molecule has 0 amide bonds. The van der Waals surface area contributed by atoms with Crippen molar-refractivity contribution in [3.63, 3.8) is 0 Å². The minimum Gasteiger partial charge on any atom is -0.493 e. The molecule has 4 aliphatic rings. The van der Waals surface area contributed by atoms with Gasteiger partial charge in [0.1, 0.15) is 5.60 Å². The summed E-state index contributed by atoms with van der Waals surface area (Å²) < 4.78 is 19.3. The molecule has 2 aliphatic carbocycles. The fraction of sp³-hybridized carbons (Fsp3) is 0.393. The van der Waals surface area contributed by atoms with Crippen molar-refractivity contribution in [2.75, 3.05) is 27.8 Å². The molecule has 1 fully saturated rings. The maximum absolute atomic E-state index is 6.85. The molecule has 1 aromatic heterocycles. The van der Waals surface area contributed by atoms with E-state index in [1.807, 2.05) is 37.6 Å². The Morgan fingerprint density at radius 1 is 1.09 bits per heavy atom. The number of likely N-dealkylation sites (tertiary alicyclic amines) is 1. The minimum absolute atomic E-state index is 0.197. The number of hydrogen-bond acceptors (Lipinski definition) is 5. The van der Waals surface area contributed by atoms with Gasteiger partial charge in [-0.15, -0.1) is 0 Å². The van der Waals surface area contributed by atoms with Gasteiger partial charge in [0.2, 0.25) is 0 Å². The number of rotatable bonds is 3. The SMILES string of the molecule is COc1ccc2c3c1O[C@H]1c4ncc(-c5ccc(Cl)cc5)cc4C[C@@]4(OC)[C@@H](C2)N(C)CC[C@]314. The summed E-state index contributed by atoms with van der Waals surface area (Å²) >= 11 is 6.13. The van der Waals surface area contributed by atoms with Crippen LogP contribution in [0.1, 0.15) is 34.9 Å². The van der Waals surface area contributed by atoms with Crippen molar-refractivity contribution in [3.8, 4) is 22.6 Å². The number of piperidine rings is 1. The molecule has 7 rings (SSSR count). The maximum atomic E-state index is 6.85. The molecule has 4 atom stereocenters. The van der Waals surface area contributed by atoms with Crippen LogP contribution in [0.2, 0.25) is 5.02 Å². The van der Waals surface area contributed by atoms with Crippen molar-refractivity contribution >= 4 is 11.6 Å². The summed E-state index contributed by atoms with van der Waals surface area (Å²) in [5.74, 6) is 1.68. The fourth-order valence-corrected chi connectivity index (χ4v) is 7.55. The first-order chi connectivity index (χ1) is 16.5. The topological polar surface area (TPSA) is 43.8 Å². The van der Waals surface area contributed by atoms with Gasteiger partial charge in [-0.1, -0.05) is 29.8 Å². The molecular weight excluding hydrogens is 448 g/mol. The van der Waals surface area contributed by atoms with Gasteiger partial charge >= 0.3 is 0 Å². The lowest BCUT2D eigenvalue weighted by Gasteiger charge is -2.63. The summed E-state index contributed by atoms with van der Waals surface area (Å²) in [6.07, 6.45) is 4.48. The van der Waals surface area contributed by atoms with Crippen LogP contribution in [0.4, 0.5) is 0 Å². The zero-order valence-corrected chi connectivity index (χ0v) is 20.4. The molecule has 0 unspecified atom stereocenters. The summed E-state index contributed by atoms with van der Waals surface area (Å²) in [6, 6.07) is 14.7. The number of fused-ring (bicyclic) bond motifs is 2. The van der Waals surface area contributed by atoms with Crippen molar-refractivity contribution in [1.29, 1.82) is 0 Å². The second-order valence-corrected chi connectivity index (χ2v) is 10.5. The molecule has 2 aromatic carbocycles. The van der Waals surface area contributed by atoms with Gasteiger partial charge in [0.25, 0.3) is 0 Å². The highest BCUT2D eigenvalue weighted by molar-refractivity contribution is 6.30. The highest BCUT2D eigenvalue weighted by Gasteiger charge is 2.73. The molecule has 3 heterocycles. The van der Waals surface area contributed by atoms with E-state index in [9.17, 15) is 0 Å². The molecule has 5 nitrogen and oxygen atoms in total. The van der Waals surface area contributed by atoms with Crippen LogP contribution in [0, 0.1) is 0 Å². The third-order valence-corrected chi connectivity index (χ3v) is 9.15. The average Bonchev–Trinajstić information content (AvgIpc) is 3.21. The lowest BCUT2D eigenvalue weighted by atomic mass is 9.49. The van der Waals surface area contributed by atoms with Crippen molar-refractivity contribution in [2.24, 2.45) is 0 Å². The number of ether oxygens (including phenoxy) is 3. The van der Waals surface area contributed by atoms with E-state index >= 15 is 0 Å². The van der Waals surface area contributed by atoms with Crippen LogP contribution in [0.15, 0.2) is 48.7 Å². The summed E-state index contributed by atoms with van der Waals surface area (Å²) in [4.78, 5) is 7.53. The Morgan fingerprint density at radius 3 is 2.68 bits per heavy atom. The smallest absolute Gasteiger partial charge is 0.166 e. The number of pyridine rings is 1. The molecule has 2 aliphatic heterocycles. The van der Waals surface area contributed by atoms with E-state index in [-0.39, 0.29) is 17.6 Å². The molecule has 3 aromatic rings. The third-order valence-electron chi connectivity index (χ3n) is 8.90. The Morgan fingerprint density at radius 2 is 1.91 bits per heavy atom. The van der Waals surface area contributed by atoms with Gasteiger partial charge in [0.05, 0.1) is 18.2 Å². The molecular formula is C28H27ClN2O3. The lowest BCUT2D eigenvalue weighted by Crippen LogP contribution is -2.74. The van der Waals surface area contributed by atoms with Crippen LogP contribution in [0.3, 0.4) is 0 Å². The molecule has 34 heavy (non-hydrogen) atoms. The predicted octanol–water partition coefficient (Wildman–Crippen LogP) is 4.98. The van der Waals surface area contributed by atoms with Crippen LogP contribution >= 0.6 is 11.6 Å². The molecule has 0 radical (unpaired) electrons. The van der Waals surface area contributed by atoms with Crippen molar-refractivity contribution < 1.29 is 14.2 Å². The summed E-state index contributed by atoms with van der Waals surface area (Å²) in [5.41, 5.74) is 6.37. The Labute approximate surface area is 204 Å². The highest BCUT2D eigenvalue weighted by Crippen LogP contribution is 2.69. The van der Waals surface area contributed by atoms with Crippen molar-refractivity contribution in [2.45, 2.75) is 42.4 Å². The van der Waals surface area contributed by atoms with Gasteiger partial charge in [0.15, 0.2) is 17.6 Å². The minimum atomic E-state index is -0.400. The number of halogens is 1. The zero-order chi connectivity index (χ0) is 23.2. The first-order valence-corrected chi connectivity index (χ1v) is 12.3. The largest absolute Gasteiger partial charge is 0.493 e. The van der Waals surface area contributed by atoms with E-state index in [4.69, 9.17) is 30.8 Å². The third kappa shape index (κ3) is 2.35. The highest BCUT2D eigenvalue weighted by atomic mass is 35.5. The maximum Gasteiger partial charge on any atom is 0.166 e. The van der Waals surface area contributed by atoms with Crippen LogP contribution in [0.5, 0.6) is 11.5 Å². The molecule has 174 valence electrons. The van der Waals surface area contributed by atoms with Gasteiger partial charge < -0.3 is 19.1 Å². The normalized spacial score (nSPS) is 30.4. The van der Waals surface area contributed by atoms with Crippen molar-refractivity contribution in [1.82, 2.24) is 9.88 Å². The van der Waals surface area contributed by atoms with E-state index in [1.54, 1.807) is 7.11 Å². The van der Waals surface area contributed by atoms with Crippen LogP contribution in [0.25, 0.3) is 11.1 Å². The second-order valence-electron chi connectivity index (χ2n) is 10.1. The van der Waals surface area contributed by atoms with E-state index in [0.717, 1.165) is 59.1 Å². The number of likely N-dealkylation sites (N-methyl/N-ethyl adjacent to an activating group) is 1. The van der Waals surface area contributed by atoms with Gasteiger partial charge in [0, 0.05) is 41.9 Å². The number of methoxy groups -OCH3 is 2. The van der Waals surface area contributed by atoms with E-state index in [0.29, 0.717) is 0 Å². The predicted molar refractivity (Wildman–Crippen MR) is 131 cm³/mol. The first kappa shape index (κ1) is 20.7. The van der Waals surface area contributed by atoms with Gasteiger partial charge in [-0.2, -0.15) is 0 Å². The zero-order valence-electron chi connectivity index (χ0n) is 19.6. The Kier molecular flexibility index (Phi) is 4.25. The second kappa shape index (κ2) is 6.97. The quantitative estimate of drug-likeness (QED) is 0.535. The molecule has 1 spiro atoms. The molecule has 1 saturated heterocycles. The van der Waals surface area contributed by atoms with E-state index < -0.39 is 5.60 Å².